The summed E-state index contributed by atoms with van der Waals surface area (Å²) < 4.78 is 2.00. The molecule has 22 heavy (non-hydrogen) atoms. The number of benzene rings is 1. The first-order valence-corrected chi connectivity index (χ1v) is 8.65. The van der Waals surface area contributed by atoms with Gasteiger partial charge in [0.2, 0.25) is 0 Å². The summed E-state index contributed by atoms with van der Waals surface area (Å²) in [6.45, 7) is 7.62. The van der Waals surface area contributed by atoms with E-state index in [4.69, 9.17) is 0 Å². The monoisotopic (exact) mass is 317 g/mol. The van der Waals surface area contributed by atoms with Gasteiger partial charge in [-0.2, -0.15) is 5.10 Å². The normalized spacial score (nSPS) is 12.2. The van der Waals surface area contributed by atoms with E-state index in [1.807, 2.05) is 42.1 Å². The Morgan fingerprint density at radius 3 is 2.55 bits per heavy atom. The predicted molar refractivity (Wildman–Crippen MR) is 91.4 cm³/mol. The maximum Gasteiger partial charge on any atom is 0.251 e. The molecule has 1 N–H and O–H groups in total. The molecule has 2 aromatic rings. The standard InChI is InChI=1S/C17H23N3OS/c1-12(11-20-14(3)9-13(2)19-20)10-18-17(21)15-5-7-16(22-4)8-6-15/h5-9,12H,10-11H2,1-4H3,(H,18,21). The fraction of sp³-hybridized carbons (Fsp3) is 0.412. The highest BCUT2D eigenvalue weighted by Gasteiger charge is 2.10. The van der Waals surface area contributed by atoms with E-state index < -0.39 is 0 Å². The van der Waals surface area contributed by atoms with E-state index in [-0.39, 0.29) is 5.91 Å². The molecule has 4 nitrogen and oxygen atoms in total. The number of aromatic nitrogens is 2. The molecular formula is C17H23N3OS. The highest BCUT2D eigenvalue weighted by molar-refractivity contribution is 7.98. The third-order valence-corrected chi connectivity index (χ3v) is 4.29. The van der Waals surface area contributed by atoms with Crippen molar-refractivity contribution in [1.82, 2.24) is 15.1 Å². The molecule has 1 heterocycles. The Balaban J connectivity index is 1.86. The SMILES string of the molecule is CSc1ccc(C(=O)NCC(C)Cn2nc(C)cc2C)cc1. The Labute approximate surface area is 136 Å². The smallest absolute Gasteiger partial charge is 0.251 e. The lowest BCUT2D eigenvalue weighted by atomic mass is 10.1. The van der Waals surface area contributed by atoms with Crippen LogP contribution in [0.3, 0.4) is 0 Å². The van der Waals surface area contributed by atoms with Gasteiger partial charge in [-0.1, -0.05) is 6.92 Å². The van der Waals surface area contributed by atoms with Gasteiger partial charge in [0.25, 0.3) is 5.91 Å². The average molecular weight is 317 g/mol. The van der Waals surface area contributed by atoms with Crippen molar-refractivity contribution in [3.05, 3.63) is 47.3 Å². The highest BCUT2D eigenvalue weighted by Crippen LogP contribution is 2.14. The molecule has 0 radical (unpaired) electrons. The number of nitrogens with zero attached hydrogens (tertiary/aromatic N) is 2. The fourth-order valence-electron chi connectivity index (χ4n) is 2.33. The number of carbonyl (C=O) groups excluding carboxylic acids is 1. The largest absolute Gasteiger partial charge is 0.352 e. The summed E-state index contributed by atoms with van der Waals surface area (Å²) in [6, 6.07) is 9.75. The number of aryl methyl sites for hydroxylation is 2. The van der Waals surface area contributed by atoms with Gasteiger partial charge in [-0.05, 0) is 56.4 Å². The van der Waals surface area contributed by atoms with E-state index >= 15 is 0 Å². The molecule has 0 bridgehead atoms. The van der Waals surface area contributed by atoms with Gasteiger partial charge >= 0.3 is 0 Å². The minimum Gasteiger partial charge on any atom is -0.352 e. The van der Waals surface area contributed by atoms with Gasteiger partial charge < -0.3 is 5.32 Å². The lowest BCUT2D eigenvalue weighted by molar-refractivity contribution is 0.0946. The average Bonchev–Trinajstić information content (AvgIpc) is 2.82. The number of hydrogen-bond acceptors (Lipinski definition) is 3. The second-order valence-electron chi connectivity index (χ2n) is 5.65. The highest BCUT2D eigenvalue weighted by atomic mass is 32.2. The second kappa shape index (κ2) is 7.49. The minimum atomic E-state index is -0.0205. The van der Waals surface area contributed by atoms with Crippen LogP contribution in [0.15, 0.2) is 35.2 Å². The van der Waals surface area contributed by atoms with Gasteiger partial charge in [0.1, 0.15) is 0 Å². The van der Waals surface area contributed by atoms with Crippen molar-refractivity contribution < 1.29 is 4.79 Å². The molecule has 0 aliphatic rings. The van der Waals surface area contributed by atoms with Crippen LogP contribution in [0.1, 0.15) is 28.7 Å². The molecule has 0 spiro atoms. The van der Waals surface area contributed by atoms with Crippen molar-refractivity contribution in [2.75, 3.05) is 12.8 Å². The third kappa shape index (κ3) is 4.37. The van der Waals surface area contributed by atoms with E-state index in [1.54, 1.807) is 11.8 Å². The molecule has 118 valence electrons. The molecule has 0 aliphatic heterocycles. The number of nitrogens with one attached hydrogen (secondary N) is 1. The molecule has 1 aromatic carbocycles. The quantitative estimate of drug-likeness (QED) is 0.832. The predicted octanol–water partition coefficient (Wildman–Crippen LogP) is 3.29. The van der Waals surface area contributed by atoms with Gasteiger partial charge in [-0.25, -0.2) is 0 Å². The summed E-state index contributed by atoms with van der Waals surface area (Å²) in [4.78, 5) is 13.3. The summed E-state index contributed by atoms with van der Waals surface area (Å²) in [5.74, 6) is 0.306. The Morgan fingerprint density at radius 1 is 1.32 bits per heavy atom. The zero-order valence-corrected chi connectivity index (χ0v) is 14.4. The summed E-state index contributed by atoms with van der Waals surface area (Å²) >= 11 is 1.67. The number of carbonyl (C=O) groups is 1. The van der Waals surface area contributed by atoms with Crippen LogP contribution in [0.2, 0.25) is 0 Å². The zero-order valence-electron chi connectivity index (χ0n) is 13.6. The number of thioether (sulfide) groups is 1. The van der Waals surface area contributed by atoms with Gasteiger partial charge in [0.15, 0.2) is 0 Å². The minimum absolute atomic E-state index is 0.0205. The van der Waals surface area contributed by atoms with E-state index in [0.717, 1.165) is 22.8 Å². The summed E-state index contributed by atoms with van der Waals surface area (Å²) in [5, 5.41) is 7.45. The van der Waals surface area contributed by atoms with Gasteiger partial charge in [0.05, 0.1) is 5.69 Å². The Morgan fingerprint density at radius 2 is 2.00 bits per heavy atom. The summed E-state index contributed by atoms with van der Waals surface area (Å²) in [6.07, 6.45) is 2.02. The van der Waals surface area contributed by atoms with Crippen molar-refractivity contribution in [2.45, 2.75) is 32.2 Å². The number of amides is 1. The van der Waals surface area contributed by atoms with Crippen molar-refractivity contribution in [1.29, 1.82) is 0 Å². The van der Waals surface area contributed by atoms with Gasteiger partial charge in [-0.15, -0.1) is 11.8 Å². The molecule has 0 fully saturated rings. The molecular weight excluding hydrogens is 294 g/mol. The lowest BCUT2D eigenvalue weighted by Gasteiger charge is -2.14. The van der Waals surface area contributed by atoms with Crippen molar-refractivity contribution in [3.63, 3.8) is 0 Å². The van der Waals surface area contributed by atoms with Crippen LogP contribution in [-0.4, -0.2) is 28.5 Å². The van der Waals surface area contributed by atoms with E-state index in [1.165, 1.54) is 0 Å². The molecule has 1 aromatic heterocycles. The molecule has 0 saturated carbocycles. The molecule has 1 atom stereocenters. The van der Waals surface area contributed by atoms with Crippen LogP contribution < -0.4 is 5.32 Å². The first-order chi connectivity index (χ1) is 10.5. The topological polar surface area (TPSA) is 46.9 Å². The van der Waals surface area contributed by atoms with Gasteiger partial charge in [-0.3, -0.25) is 9.48 Å². The van der Waals surface area contributed by atoms with Crippen LogP contribution in [0.4, 0.5) is 0 Å². The maximum absolute atomic E-state index is 12.1. The lowest BCUT2D eigenvalue weighted by Crippen LogP contribution is -2.30. The first kappa shape index (κ1) is 16.6. The second-order valence-corrected chi connectivity index (χ2v) is 6.53. The van der Waals surface area contributed by atoms with Crippen LogP contribution in [0.5, 0.6) is 0 Å². The molecule has 1 amide bonds. The molecule has 2 rings (SSSR count). The Bertz CT molecular complexity index is 634. The van der Waals surface area contributed by atoms with Crippen molar-refractivity contribution in [2.24, 2.45) is 5.92 Å². The summed E-state index contributed by atoms with van der Waals surface area (Å²) in [5.41, 5.74) is 2.89. The molecule has 0 saturated heterocycles. The van der Waals surface area contributed by atoms with E-state index in [9.17, 15) is 4.79 Å². The van der Waals surface area contributed by atoms with Crippen LogP contribution >= 0.6 is 11.8 Å². The van der Waals surface area contributed by atoms with Crippen molar-refractivity contribution in [3.8, 4) is 0 Å². The molecule has 1 unspecified atom stereocenters. The number of rotatable bonds is 6. The Kier molecular flexibility index (Phi) is 5.66. The van der Waals surface area contributed by atoms with E-state index in [0.29, 0.717) is 18.0 Å². The first-order valence-electron chi connectivity index (χ1n) is 7.43. The fourth-order valence-corrected chi connectivity index (χ4v) is 2.74. The maximum atomic E-state index is 12.1. The van der Waals surface area contributed by atoms with Crippen LogP contribution in [0, 0.1) is 19.8 Å². The summed E-state index contributed by atoms with van der Waals surface area (Å²) in [7, 11) is 0. The molecule has 5 heteroatoms. The van der Waals surface area contributed by atoms with Crippen LogP contribution in [-0.2, 0) is 6.54 Å². The number of hydrogen-bond donors (Lipinski definition) is 1. The van der Waals surface area contributed by atoms with Crippen LogP contribution in [0.25, 0.3) is 0 Å². The molecule has 0 aliphatic carbocycles. The Hall–Kier alpha value is -1.75. The van der Waals surface area contributed by atoms with E-state index in [2.05, 4.69) is 30.3 Å². The van der Waals surface area contributed by atoms with Gasteiger partial charge in [0, 0.05) is 29.2 Å². The third-order valence-electron chi connectivity index (χ3n) is 3.55. The zero-order chi connectivity index (χ0) is 16.1. The van der Waals surface area contributed by atoms with Crippen molar-refractivity contribution >= 4 is 17.7 Å².